The summed E-state index contributed by atoms with van der Waals surface area (Å²) in [6, 6.07) is 4.09. The first-order chi connectivity index (χ1) is 14.2. The Morgan fingerprint density at radius 2 is 1.83 bits per heavy atom. The minimum Gasteiger partial charge on any atom is -0.351 e. The van der Waals surface area contributed by atoms with Gasteiger partial charge in [-0.3, -0.25) is 9.78 Å². The molecule has 1 atom stereocenters. The van der Waals surface area contributed by atoms with Crippen molar-refractivity contribution in [1.82, 2.24) is 25.3 Å². The van der Waals surface area contributed by atoms with E-state index < -0.39 is 11.9 Å². The zero-order chi connectivity index (χ0) is 21.7. The highest BCUT2D eigenvalue weighted by Gasteiger charge is 2.32. The Kier molecular flexibility index (Phi) is 6.76. The monoisotopic (exact) mass is 435 g/mol. The maximum absolute atomic E-state index is 12.8. The molecule has 0 aliphatic heterocycles. The van der Waals surface area contributed by atoms with Crippen LogP contribution in [0.5, 0.6) is 0 Å². The lowest BCUT2D eigenvalue weighted by Gasteiger charge is -2.20. The van der Waals surface area contributed by atoms with E-state index in [1.54, 1.807) is 18.5 Å². The minimum atomic E-state index is -4.48. The SMILES string of the molecule is CC(C)CC(CNC(=O)c1cnc(-c2ncccn2)s1)c1ccc(C(F)(F)F)nc1. The van der Waals surface area contributed by atoms with Gasteiger partial charge in [-0.15, -0.1) is 11.3 Å². The lowest BCUT2D eigenvalue weighted by Crippen LogP contribution is -2.28. The molecule has 3 aromatic rings. The Morgan fingerprint density at radius 1 is 1.10 bits per heavy atom. The molecular weight excluding hydrogens is 415 g/mol. The number of carbonyl (C=O) groups is 1. The van der Waals surface area contributed by atoms with E-state index in [0.29, 0.717) is 33.6 Å². The van der Waals surface area contributed by atoms with Gasteiger partial charge < -0.3 is 5.32 Å². The summed E-state index contributed by atoms with van der Waals surface area (Å²) < 4.78 is 38.3. The second kappa shape index (κ2) is 9.29. The van der Waals surface area contributed by atoms with Crippen LogP contribution in [0.25, 0.3) is 10.8 Å². The molecule has 3 heterocycles. The predicted octanol–water partition coefficient (Wildman–Crippen LogP) is 4.57. The first-order valence-corrected chi connectivity index (χ1v) is 10.1. The molecular formula is C20H20F3N5OS. The summed E-state index contributed by atoms with van der Waals surface area (Å²) in [5, 5.41) is 3.39. The molecule has 0 aromatic carbocycles. The Hall–Kier alpha value is -2.88. The quantitative estimate of drug-likeness (QED) is 0.588. The topological polar surface area (TPSA) is 80.7 Å². The second-order valence-corrected chi connectivity index (χ2v) is 8.14. The summed E-state index contributed by atoms with van der Waals surface area (Å²) in [6.07, 6.45) is 2.10. The normalized spacial score (nSPS) is 12.7. The Labute approximate surface area is 175 Å². The highest BCUT2D eigenvalue weighted by Crippen LogP contribution is 2.29. The summed E-state index contributed by atoms with van der Waals surface area (Å²) in [5.41, 5.74) is -0.279. The summed E-state index contributed by atoms with van der Waals surface area (Å²) in [5.74, 6) is 0.270. The molecule has 0 radical (unpaired) electrons. The summed E-state index contributed by atoms with van der Waals surface area (Å²) in [7, 11) is 0. The van der Waals surface area contributed by atoms with Gasteiger partial charge in [0.1, 0.15) is 10.6 Å². The van der Waals surface area contributed by atoms with Gasteiger partial charge in [-0.2, -0.15) is 13.2 Å². The summed E-state index contributed by atoms with van der Waals surface area (Å²) in [4.78, 5) is 28.9. The van der Waals surface area contributed by atoms with Crippen LogP contribution in [-0.2, 0) is 6.18 Å². The number of thiazole rings is 1. The van der Waals surface area contributed by atoms with Crippen LogP contribution in [0, 0.1) is 5.92 Å². The Morgan fingerprint density at radius 3 is 2.43 bits per heavy atom. The molecule has 0 fully saturated rings. The van der Waals surface area contributed by atoms with Crippen molar-refractivity contribution in [3.05, 3.63) is 59.1 Å². The van der Waals surface area contributed by atoms with E-state index in [2.05, 4.69) is 25.3 Å². The number of carbonyl (C=O) groups excluding carboxylic acids is 1. The fourth-order valence-electron chi connectivity index (χ4n) is 2.92. The lowest BCUT2D eigenvalue weighted by molar-refractivity contribution is -0.141. The molecule has 0 saturated heterocycles. The number of halogens is 3. The van der Waals surface area contributed by atoms with Gasteiger partial charge >= 0.3 is 6.18 Å². The van der Waals surface area contributed by atoms with E-state index in [0.717, 1.165) is 6.07 Å². The van der Waals surface area contributed by atoms with Crippen LogP contribution < -0.4 is 5.32 Å². The van der Waals surface area contributed by atoms with Gasteiger partial charge in [0.2, 0.25) is 0 Å². The van der Waals surface area contributed by atoms with Crippen molar-refractivity contribution in [2.45, 2.75) is 32.4 Å². The predicted molar refractivity (Wildman–Crippen MR) is 107 cm³/mol. The molecule has 1 amide bonds. The molecule has 0 spiro atoms. The third kappa shape index (κ3) is 5.59. The average Bonchev–Trinajstić information content (AvgIpc) is 3.21. The number of rotatable bonds is 7. The molecule has 1 N–H and O–H groups in total. The van der Waals surface area contributed by atoms with E-state index in [-0.39, 0.29) is 18.4 Å². The van der Waals surface area contributed by atoms with Gasteiger partial charge in [0.25, 0.3) is 5.91 Å². The van der Waals surface area contributed by atoms with E-state index in [9.17, 15) is 18.0 Å². The van der Waals surface area contributed by atoms with E-state index in [4.69, 9.17) is 0 Å². The van der Waals surface area contributed by atoms with Crippen molar-refractivity contribution in [2.75, 3.05) is 6.54 Å². The molecule has 1 unspecified atom stereocenters. The highest BCUT2D eigenvalue weighted by atomic mass is 32.1. The Bertz CT molecular complexity index is 974. The van der Waals surface area contributed by atoms with Gasteiger partial charge in [0.05, 0.1) is 6.20 Å². The number of hydrogen-bond donors (Lipinski definition) is 1. The first kappa shape index (κ1) is 21.8. The molecule has 0 aliphatic rings. The molecule has 3 aromatic heterocycles. The largest absolute Gasteiger partial charge is 0.433 e. The molecule has 3 rings (SSSR count). The molecule has 6 nitrogen and oxygen atoms in total. The van der Waals surface area contributed by atoms with Crippen molar-refractivity contribution in [2.24, 2.45) is 5.92 Å². The third-order valence-electron chi connectivity index (χ3n) is 4.30. The lowest BCUT2D eigenvalue weighted by atomic mass is 9.91. The average molecular weight is 435 g/mol. The summed E-state index contributed by atoms with van der Waals surface area (Å²) >= 11 is 1.17. The van der Waals surface area contributed by atoms with Crippen LogP contribution in [0.3, 0.4) is 0 Å². The van der Waals surface area contributed by atoms with E-state index >= 15 is 0 Å². The molecule has 0 bridgehead atoms. The smallest absolute Gasteiger partial charge is 0.351 e. The van der Waals surface area contributed by atoms with Crippen LogP contribution in [0.2, 0.25) is 0 Å². The first-order valence-electron chi connectivity index (χ1n) is 9.28. The fraction of sp³-hybridized carbons (Fsp3) is 0.350. The zero-order valence-electron chi connectivity index (χ0n) is 16.3. The number of hydrogen-bond acceptors (Lipinski definition) is 6. The zero-order valence-corrected chi connectivity index (χ0v) is 17.2. The van der Waals surface area contributed by atoms with Gasteiger partial charge in [-0.05, 0) is 30.0 Å². The van der Waals surface area contributed by atoms with E-state index in [1.165, 1.54) is 29.8 Å². The van der Waals surface area contributed by atoms with Gasteiger partial charge in [0.15, 0.2) is 10.8 Å². The van der Waals surface area contributed by atoms with Crippen molar-refractivity contribution >= 4 is 17.2 Å². The van der Waals surface area contributed by atoms with Gasteiger partial charge in [0, 0.05) is 31.1 Å². The number of alkyl halides is 3. The highest BCUT2D eigenvalue weighted by molar-refractivity contribution is 7.16. The van der Waals surface area contributed by atoms with Crippen LogP contribution in [0.4, 0.5) is 13.2 Å². The molecule has 158 valence electrons. The maximum atomic E-state index is 12.8. The third-order valence-corrected chi connectivity index (χ3v) is 5.29. The Balaban J connectivity index is 1.69. The van der Waals surface area contributed by atoms with Crippen LogP contribution in [-0.4, -0.2) is 32.4 Å². The number of pyridine rings is 1. The van der Waals surface area contributed by atoms with Crippen molar-refractivity contribution in [3.8, 4) is 10.8 Å². The number of aromatic nitrogens is 4. The maximum Gasteiger partial charge on any atom is 0.433 e. The van der Waals surface area contributed by atoms with Gasteiger partial charge in [-0.1, -0.05) is 19.9 Å². The van der Waals surface area contributed by atoms with Crippen molar-refractivity contribution in [3.63, 3.8) is 0 Å². The molecule has 10 heteroatoms. The minimum absolute atomic E-state index is 0.159. The standard InChI is InChI=1S/C20H20F3N5OS/c1-12(2)8-14(13-4-5-16(26-9-13)20(21,22)23)10-27-18(29)15-11-28-19(30-15)17-24-6-3-7-25-17/h3-7,9,11-12,14H,8,10H2,1-2H3,(H,27,29). The molecule has 0 aliphatic carbocycles. The van der Waals surface area contributed by atoms with Crippen LogP contribution in [0.1, 0.15) is 47.1 Å². The number of nitrogens with zero attached hydrogens (tertiary/aromatic N) is 4. The second-order valence-electron chi connectivity index (χ2n) is 7.11. The van der Waals surface area contributed by atoms with Gasteiger partial charge in [-0.25, -0.2) is 15.0 Å². The number of nitrogens with one attached hydrogen (secondary N) is 1. The fourth-order valence-corrected chi connectivity index (χ4v) is 3.70. The van der Waals surface area contributed by atoms with Crippen molar-refractivity contribution < 1.29 is 18.0 Å². The van der Waals surface area contributed by atoms with Crippen molar-refractivity contribution in [1.29, 1.82) is 0 Å². The molecule has 0 saturated carbocycles. The van der Waals surface area contributed by atoms with Crippen LogP contribution >= 0.6 is 11.3 Å². The summed E-state index contributed by atoms with van der Waals surface area (Å²) in [6.45, 7) is 4.31. The molecule has 30 heavy (non-hydrogen) atoms. The van der Waals surface area contributed by atoms with E-state index in [1.807, 2.05) is 13.8 Å². The van der Waals surface area contributed by atoms with Crippen LogP contribution in [0.15, 0.2) is 43.0 Å². The number of amides is 1.